The van der Waals surface area contributed by atoms with Gasteiger partial charge in [0.2, 0.25) is 5.91 Å². The molecule has 0 bridgehead atoms. The van der Waals surface area contributed by atoms with E-state index in [-0.39, 0.29) is 35.2 Å². The normalized spacial score (nSPS) is 24.5. The molecular formula is C22H23F3N4O2. The Balaban J connectivity index is 1.57. The van der Waals surface area contributed by atoms with Gasteiger partial charge in [0.25, 0.3) is 5.56 Å². The summed E-state index contributed by atoms with van der Waals surface area (Å²) in [5.41, 5.74) is 0.179. The van der Waals surface area contributed by atoms with Crippen LogP contribution in [-0.4, -0.2) is 35.7 Å². The van der Waals surface area contributed by atoms with Crippen molar-refractivity contribution < 1.29 is 18.0 Å². The van der Waals surface area contributed by atoms with E-state index in [2.05, 4.69) is 15.6 Å². The molecule has 1 amide bonds. The second-order valence-corrected chi connectivity index (χ2v) is 8.45. The lowest BCUT2D eigenvalue weighted by Gasteiger charge is -2.34. The average molecular weight is 432 g/mol. The van der Waals surface area contributed by atoms with Crippen molar-refractivity contribution in [3.63, 3.8) is 0 Å². The lowest BCUT2D eigenvalue weighted by molar-refractivity contribution is -0.121. The van der Waals surface area contributed by atoms with Gasteiger partial charge in [-0.1, -0.05) is 0 Å². The number of nitriles is 1. The molecule has 6 nitrogen and oxygen atoms in total. The molecule has 4 atom stereocenters. The number of benzene rings is 1. The van der Waals surface area contributed by atoms with E-state index in [1.165, 1.54) is 6.07 Å². The van der Waals surface area contributed by atoms with Gasteiger partial charge in [0.1, 0.15) is 6.17 Å². The number of nitrogens with one attached hydrogen (secondary N) is 3. The third-order valence-corrected chi connectivity index (χ3v) is 6.14. The molecule has 31 heavy (non-hydrogen) atoms. The number of alkyl halides is 1. The van der Waals surface area contributed by atoms with E-state index in [0.717, 1.165) is 18.9 Å². The number of carbonyl (C=O) groups excluding carboxylic acids is 1. The number of nitrogens with zero attached hydrogens (tertiary/aromatic N) is 1. The Bertz CT molecular complexity index is 1120. The number of fused-ring (bicyclic) bond motifs is 1. The zero-order valence-electron chi connectivity index (χ0n) is 17.0. The van der Waals surface area contributed by atoms with E-state index in [1.54, 1.807) is 6.92 Å². The van der Waals surface area contributed by atoms with Crippen LogP contribution in [0.4, 0.5) is 13.2 Å². The van der Waals surface area contributed by atoms with Crippen molar-refractivity contribution in [2.24, 2.45) is 5.92 Å². The Morgan fingerprint density at radius 2 is 2.10 bits per heavy atom. The van der Waals surface area contributed by atoms with Gasteiger partial charge in [-0.05, 0) is 49.8 Å². The summed E-state index contributed by atoms with van der Waals surface area (Å²) < 4.78 is 42.9. The molecule has 1 aromatic carbocycles. The Kier molecular flexibility index (Phi) is 5.75. The van der Waals surface area contributed by atoms with Crippen molar-refractivity contribution in [1.82, 2.24) is 15.6 Å². The molecule has 1 saturated heterocycles. The second kappa shape index (κ2) is 8.35. The van der Waals surface area contributed by atoms with Gasteiger partial charge in [-0.25, -0.2) is 13.2 Å². The van der Waals surface area contributed by atoms with Crippen LogP contribution in [-0.2, 0) is 11.2 Å². The zero-order valence-corrected chi connectivity index (χ0v) is 17.0. The van der Waals surface area contributed by atoms with Gasteiger partial charge < -0.3 is 15.6 Å². The maximum absolute atomic E-state index is 14.6. The standard InChI is InChI=1S/C22H23F3N4O2/c1-10(21-15(24)6-11(8-26)9-27-21)28-17(30)7-13-18(12-2-3-12)19-16(29-22(13)31)5-4-14(23)20(19)25/h4-5,10-12,15,21,27H,2-3,6-7,9H2,1H3,(H,28,30)(H,29,31)/t10-,11?,15?,21?/m0/s1. The van der Waals surface area contributed by atoms with Crippen molar-refractivity contribution >= 4 is 16.8 Å². The molecule has 1 aromatic heterocycles. The van der Waals surface area contributed by atoms with Crippen molar-refractivity contribution in [1.29, 1.82) is 5.26 Å². The summed E-state index contributed by atoms with van der Waals surface area (Å²) in [5, 5.41) is 14.6. The highest BCUT2D eigenvalue weighted by atomic mass is 19.2. The summed E-state index contributed by atoms with van der Waals surface area (Å²) in [6.07, 6.45) is -0.0570. The molecule has 3 unspecified atom stereocenters. The third kappa shape index (κ3) is 4.17. The smallest absolute Gasteiger partial charge is 0.252 e. The number of hydrogen-bond donors (Lipinski definition) is 3. The molecule has 9 heteroatoms. The van der Waals surface area contributed by atoms with Gasteiger partial charge in [0.05, 0.1) is 30.0 Å². The van der Waals surface area contributed by atoms with E-state index in [4.69, 9.17) is 5.26 Å². The predicted octanol–water partition coefficient (Wildman–Crippen LogP) is 2.57. The van der Waals surface area contributed by atoms with E-state index < -0.39 is 47.3 Å². The van der Waals surface area contributed by atoms with Crippen molar-refractivity contribution in [2.75, 3.05) is 6.54 Å². The first kappa shape index (κ1) is 21.4. The summed E-state index contributed by atoms with van der Waals surface area (Å²) >= 11 is 0. The number of aromatic nitrogens is 1. The summed E-state index contributed by atoms with van der Waals surface area (Å²) in [5.74, 6) is -3.07. The van der Waals surface area contributed by atoms with Gasteiger partial charge in [-0.2, -0.15) is 5.26 Å². The highest BCUT2D eigenvalue weighted by Crippen LogP contribution is 2.44. The minimum Gasteiger partial charge on any atom is -0.352 e. The largest absolute Gasteiger partial charge is 0.352 e. The Morgan fingerprint density at radius 3 is 2.74 bits per heavy atom. The van der Waals surface area contributed by atoms with Crippen LogP contribution < -0.4 is 16.2 Å². The molecule has 4 rings (SSSR count). The monoisotopic (exact) mass is 432 g/mol. The fourth-order valence-corrected chi connectivity index (χ4v) is 4.44. The number of amides is 1. The Morgan fingerprint density at radius 1 is 1.35 bits per heavy atom. The Labute approximate surface area is 176 Å². The van der Waals surface area contributed by atoms with Crippen LogP contribution in [0, 0.1) is 28.9 Å². The molecule has 2 aliphatic rings. The average Bonchev–Trinajstić information content (AvgIpc) is 3.56. The quantitative estimate of drug-likeness (QED) is 0.677. The van der Waals surface area contributed by atoms with Gasteiger partial charge in [-0.15, -0.1) is 0 Å². The molecule has 0 spiro atoms. The topological polar surface area (TPSA) is 97.8 Å². The number of piperidine rings is 1. The van der Waals surface area contributed by atoms with Crippen LogP contribution >= 0.6 is 0 Å². The van der Waals surface area contributed by atoms with E-state index in [0.29, 0.717) is 12.1 Å². The summed E-state index contributed by atoms with van der Waals surface area (Å²) in [6.45, 7) is 1.99. The lowest BCUT2D eigenvalue weighted by atomic mass is 9.90. The van der Waals surface area contributed by atoms with Crippen LogP contribution in [0.2, 0.25) is 0 Å². The molecule has 2 heterocycles. The zero-order chi connectivity index (χ0) is 22.3. The summed E-state index contributed by atoms with van der Waals surface area (Å²) in [7, 11) is 0. The first-order valence-corrected chi connectivity index (χ1v) is 10.4. The third-order valence-electron chi connectivity index (χ3n) is 6.14. The van der Waals surface area contributed by atoms with Crippen LogP contribution in [0.5, 0.6) is 0 Å². The van der Waals surface area contributed by atoms with E-state index >= 15 is 0 Å². The van der Waals surface area contributed by atoms with Crippen molar-refractivity contribution in [2.45, 2.75) is 56.8 Å². The second-order valence-electron chi connectivity index (χ2n) is 8.45. The number of halogens is 3. The first-order valence-electron chi connectivity index (χ1n) is 10.4. The number of pyridine rings is 1. The lowest BCUT2D eigenvalue weighted by Crippen LogP contribution is -2.57. The Hall–Kier alpha value is -2.86. The molecule has 2 fully saturated rings. The highest BCUT2D eigenvalue weighted by Gasteiger charge is 2.35. The van der Waals surface area contributed by atoms with Gasteiger partial charge in [-0.3, -0.25) is 9.59 Å². The maximum atomic E-state index is 14.6. The summed E-state index contributed by atoms with van der Waals surface area (Å²) in [4.78, 5) is 27.9. The minimum absolute atomic E-state index is 0.0123. The SMILES string of the molecule is C[C@H](NC(=O)Cc1c(C2CC2)c2c(F)c(F)ccc2[nH]c1=O)C1NCC(C#N)CC1F. The molecule has 164 valence electrons. The van der Waals surface area contributed by atoms with Gasteiger partial charge in [0.15, 0.2) is 11.6 Å². The van der Waals surface area contributed by atoms with E-state index in [9.17, 15) is 22.8 Å². The fraction of sp³-hybridized carbons (Fsp3) is 0.500. The first-order chi connectivity index (χ1) is 14.8. The van der Waals surface area contributed by atoms with Crippen molar-refractivity contribution in [3.8, 4) is 6.07 Å². The maximum Gasteiger partial charge on any atom is 0.252 e. The molecule has 1 aliphatic carbocycles. The minimum atomic E-state index is -1.29. The fourth-order valence-electron chi connectivity index (χ4n) is 4.44. The van der Waals surface area contributed by atoms with Crippen LogP contribution in [0.1, 0.15) is 43.2 Å². The highest BCUT2D eigenvalue weighted by molar-refractivity contribution is 5.87. The van der Waals surface area contributed by atoms with Gasteiger partial charge in [0, 0.05) is 23.5 Å². The van der Waals surface area contributed by atoms with Crippen LogP contribution in [0.15, 0.2) is 16.9 Å². The summed E-state index contributed by atoms with van der Waals surface area (Å²) in [6, 6.07) is 3.07. The molecular weight excluding hydrogens is 409 g/mol. The van der Waals surface area contributed by atoms with Crippen molar-refractivity contribution in [3.05, 3.63) is 45.2 Å². The number of H-pyrrole nitrogens is 1. The molecule has 1 saturated carbocycles. The number of aromatic amines is 1. The number of rotatable bonds is 5. The van der Waals surface area contributed by atoms with Crippen LogP contribution in [0.25, 0.3) is 10.9 Å². The van der Waals surface area contributed by atoms with E-state index in [1.807, 2.05) is 6.07 Å². The van der Waals surface area contributed by atoms with Crippen LogP contribution in [0.3, 0.4) is 0 Å². The molecule has 1 aliphatic heterocycles. The van der Waals surface area contributed by atoms with Gasteiger partial charge >= 0.3 is 0 Å². The number of hydrogen-bond acceptors (Lipinski definition) is 4. The predicted molar refractivity (Wildman–Crippen MR) is 108 cm³/mol. The molecule has 0 radical (unpaired) electrons. The molecule has 3 N–H and O–H groups in total. The number of carbonyl (C=O) groups is 1. The molecule has 2 aromatic rings.